The van der Waals surface area contributed by atoms with Gasteiger partial charge < -0.3 is 23.7 Å². The first-order valence-corrected chi connectivity index (χ1v) is 9.02. The molecule has 3 saturated heterocycles. The Labute approximate surface area is 127 Å². The van der Waals surface area contributed by atoms with Crippen LogP contribution in [-0.4, -0.2) is 64.9 Å². The molecule has 1 unspecified atom stereocenters. The second-order valence-corrected chi connectivity index (χ2v) is 8.29. The number of fused-ring (bicyclic) bond motifs is 3. The van der Waals surface area contributed by atoms with E-state index in [-0.39, 0.29) is 30.5 Å². The lowest BCUT2D eigenvalue weighted by atomic mass is 9.94. The van der Waals surface area contributed by atoms with Crippen LogP contribution in [0.25, 0.3) is 0 Å². The van der Waals surface area contributed by atoms with E-state index in [0.29, 0.717) is 12.4 Å². The van der Waals surface area contributed by atoms with Crippen molar-refractivity contribution < 1.29 is 27.9 Å². The van der Waals surface area contributed by atoms with E-state index in [1.54, 1.807) is 6.26 Å². The Kier molecular flexibility index (Phi) is 3.96. The van der Waals surface area contributed by atoms with Crippen molar-refractivity contribution in [3.05, 3.63) is 0 Å². The average molecular weight is 320 g/mol. The molecule has 0 saturated carbocycles. The van der Waals surface area contributed by atoms with Crippen LogP contribution in [0, 0.1) is 0 Å². The highest BCUT2D eigenvalue weighted by Crippen LogP contribution is 2.41. The van der Waals surface area contributed by atoms with E-state index < -0.39 is 22.4 Å². The van der Waals surface area contributed by atoms with Gasteiger partial charge in [-0.1, -0.05) is 0 Å². The van der Waals surface area contributed by atoms with E-state index in [4.69, 9.17) is 23.7 Å². The van der Waals surface area contributed by atoms with Gasteiger partial charge in [-0.15, -0.1) is 0 Å². The van der Waals surface area contributed by atoms with Gasteiger partial charge in [0.2, 0.25) is 0 Å². The fourth-order valence-corrected chi connectivity index (χ4v) is 3.97. The minimum Gasteiger partial charge on any atom is -0.366 e. The first kappa shape index (κ1) is 15.8. The Morgan fingerprint density at radius 2 is 1.62 bits per heavy atom. The van der Waals surface area contributed by atoms with Crippen LogP contribution >= 0.6 is 0 Å². The maximum Gasteiger partial charge on any atom is 0.164 e. The average Bonchev–Trinajstić information content (AvgIpc) is 2.65. The van der Waals surface area contributed by atoms with E-state index in [0.717, 1.165) is 0 Å². The molecule has 7 heteroatoms. The van der Waals surface area contributed by atoms with E-state index in [1.807, 2.05) is 27.7 Å². The van der Waals surface area contributed by atoms with E-state index in [9.17, 15) is 4.21 Å². The molecule has 0 aliphatic carbocycles. The molecular formula is C14H24O6S. The summed E-state index contributed by atoms with van der Waals surface area (Å²) in [6, 6.07) is 0. The summed E-state index contributed by atoms with van der Waals surface area (Å²) >= 11 is 0. The molecule has 3 rings (SSSR count). The van der Waals surface area contributed by atoms with Crippen LogP contribution in [0.15, 0.2) is 0 Å². The molecule has 3 aliphatic rings. The van der Waals surface area contributed by atoms with Gasteiger partial charge in [-0.05, 0) is 27.7 Å². The zero-order chi connectivity index (χ0) is 15.4. The van der Waals surface area contributed by atoms with Gasteiger partial charge in [0.05, 0.1) is 18.5 Å². The van der Waals surface area contributed by atoms with Crippen LogP contribution < -0.4 is 0 Å². The monoisotopic (exact) mass is 320 g/mol. The van der Waals surface area contributed by atoms with Crippen molar-refractivity contribution in [3.63, 3.8) is 0 Å². The summed E-state index contributed by atoms with van der Waals surface area (Å²) in [5.41, 5.74) is 0. The molecule has 0 bridgehead atoms. The van der Waals surface area contributed by atoms with Gasteiger partial charge in [-0.3, -0.25) is 4.21 Å². The van der Waals surface area contributed by atoms with Gasteiger partial charge in [0.15, 0.2) is 11.6 Å². The Bertz CT molecular complexity index is 437. The number of hydrogen-bond donors (Lipinski definition) is 0. The highest BCUT2D eigenvalue weighted by Gasteiger charge is 2.58. The third kappa shape index (κ3) is 3.18. The van der Waals surface area contributed by atoms with Gasteiger partial charge in [0.1, 0.15) is 24.4 Å². The molecule has 21 heavy (non-hydrogen) atoms. The first-order valence-electron chi connectivity index (χ1n) is 7.30. The van der Waals surface area contributed by atoms with Crippen molar-refractivity contribution >= 4 is 10.8 Å². The summed E-state index contributed by atoms with van der Waals surface area (Å²) in [6.07, 6.45) is 0.460. The standard InChI is InChI=1S/C14H24O6S/c1-13(2)16-6-8-10(18-13)12-11(19-14(3,4)20-12)9(17-8)7-21(5)15/h8-12H,6-7H2,1-5H3/t8-,9+,10-,11-,12+,21?/m1/s1. The number of ether oxygens (including phenoxy) is 5. The summed E-state index contributed by atoms with van der Waals surface area (Å²) in [5.74, 6) is -0.925. The van der Waals surface area contributed by atoms with Crippen LogP contribution in [0.2, 0.25) is 0 Å². The molecule has 0 radical (unpaired) electrons. The molecule has 3 heterocycles. The lowest BCUT2D eigenvalue weighted by Gasteiger charge is -2.48. The van der Waals surface area contributed by atoms with Gasteiger partial charge in [-0.25, -0.2) is 0 Å². The van der Waals surface area contributed by atoms with E-state index >= 15 is 0 Å². The molecule has 0 spiro atoms. The number of rotatable bonds is 2. The molecule has 0 aromatic carbocycles. The molecule has 122 valence electrons. The molecule has 3 fully saturated rings. The molecule has 6 atom stereocenters. The van der Waals surface area contributed by atoms with Gasteiger partial charge >= 0.3 is 0 Å². The number of hydrogen-bond acceptors (Lipinski definition) is 6. The normalized spacial score (nSPS) is 45.7. The highest BCUT2D eigenvalue weighted by atomic mass is 32.2. The molecule has 0 aromatic rings. The highest BCUT2D eigenvalue weighted by molar-refractivity contribution is 7.84. The first-order chi connectivity index (χ1) is 9.67. The minimum absolute atomic E-state index is 0.217. The van der Waals surface area contributed by atoms with Crippen LogP contribution in [-0.2, 0) is 34.5 Å². The zero-order valence-corrected chi connectivity index (χ0v) is 14.0. The maximum atomic E-state index is 11.6. The van der Waals surface area contributed by atoms with Gasteiger partial charge in [0.25, 0.3) is 0 Å². The quantitative estimate of drug-likeness (QED) is 0.750. The summed E-state index contributed by atoms with van der Waals surface area (Å²) in [7, 11) is -0.967. The molecule has 0 amide bonds. The van der Waals surface area contributed by atoms with Crippen molar-refractivity contribution in [1.29, 1.82) is 0 Å². The van der Waals surface area contributed by atoms with Crippen LogP contribution in [0.1, 0.15) is 27.7 Å². The molecular weight excluding hydrogens is 296 g/mol. The summed E-state index contributed by atoms with van der Waals surface area (Å²) in [6.45, 7) is 7.96. The fraction of sp³-hybridized carbons (Fsp3) is 1.00. The Morgan fingerprint density at radius 1 is 1.00 bits per heavy atom. The minimum atomic E-state index is -0.967. The Hall–Kier alpha value is -0.0500. The van der Waals surface area contributed by atoms with Crippen LogP contribution in [0.4, 0.5) is 0 Å². The van der Waals surface area contributed by atoms with Gasteiger partial charge in [0, 0.05) is 17.1 Å². The predicted molar refractivity (Wildman–Crippen MR) is 76.3 cm³/mol. The van der Waals surface area contributed by atoms with Crippen LogP contribution in [0.3, 0.4) is 0 Å². The molecule has 0 N–H and O–H groups in total. The van der Waals surface area contributed by atoms with Crippen LogP contribution in [0.5, 0.6) is 0 Å². The summed E-state index contributed by atoms with van der Waals surface area (Å²) < 4.78 is 41.4. The predicted octanol–water partition coefficient (Wildman–Crippen LogP) is 0.804. The van der Waals surface area contributed by atoms with E-state index in [1.165, 1.54) is 0 Å². The third-order valence-electron chi connectivity index (χ3n) is 3.98. The Balaban J connectivity index is 1.84. The largest absolute Gasteiger partial charge is 0.366 e. The van der Waals surface area contributed by atoms with Crippen molar-refractivity contribution in [3.8, 4) is 0 Å². The van der Waals surface area contributed by atoms with Crippen molar-refractivity contribution in [2.75, 3.05) is 18.6 Å². The molecule has 0 aromatic heterocycles. The third-order valence-corrected chi connectivity index (χ3v) is 4.78. The molecule has 3 aliphatic heterocycles. The lowest BCUT2D eigenvalue weighted by Crippen LogP contribution is -2.64. The van der Waals surface area contributed by atoms with Crippen molar-refractivity contribution in [2.24, 2.45) is 0 Å². The van der Waals surface area contributed by atoms with E-state index in [2.05, 4.69) is 0 Å². The second kappa shape index (κ2) is 5.25. The topological polar surface area (TPSA) is 63.2 Å². The van der Waals surface area contributed by atoms with Crippen molar-refractivity contribution in [2.45, 2.75) is 69.8 Å². The smallest absolute Gasteiger partial charge is 0.164 e. The van der Waals surface area contributed by atoms with Gasteiger partial charge in [-0.2, -0.15) is 0 Å². The SMILES string of the molecule is CS(=O)C[C@@H]1O[C@@H]2COC(C)(C)O[C@H]2[C@@H]2OC(C)(C)O[C@@H]21. The lowest BCUT2D eigenvalue weighted by molar-refractivity contribution is -0.346. The maximum absolute atomic E-state index is 11.6. The second-order valence-electron chi connectivity index (χ2n) is 6.81. The summed E-state index contributed by atoms with van der Waals surface area (Å²) in [5, 5.41) is 0. The fourth-order valence-electron chi connectivity index (χ4n) is 3.24. The Morgan fingerprint density at radius 3 is 2.29 bits per heavy atom. The van der Waals surface area contributed by atoms with Crippen molar-refractivity contribution in [1.82, 2.24) is 0 Å². The molecule has 6 nitrogen and oxygen atoms in total. The summed E-state index contributed by atoms with van der Waals surface area (Å²) in [4.78, 5) is 0. The zero-order valence-electron chi connectivity index (χ0n) is 13.2.